The first-order valence-corrected chi connectivity index (χ1v) is 7.81. The van der Waals surface area contributed by atoms with Gasteiger partial charge < -0.3 is 25.3 Å². The number of rotatable bonds is 6. The number of halogens is 4. The molecule has 0 saturated heterocycles. The van der Waals surface area contributed by atoms with E-state index >= 15 is 0 Å². The number of nitrogens with zero attached hydrogens (tertiary/aromatic N) is 1. The van der Waals surface area contributed by atoms with Gasteiger partial charge in [-0.05, 0) is 29.8 Å². The molecule has 0 radical (unpaired) electrons. The van der Waals surface area contributed by atoms with Crippen molar-refractivity contribution in [1.29, 1.82) is 0 Å². The van der Waals surface area contributed by atoms with Crippen LogP contribution in [0.15, 0.2) is 41.4 Å². The molecule has 0 unspecified atom stereocenters. The maximum Gasteiger partial charge on any atom is 0.416 e. The van der Waals surface area contributed by atoms with Gasteiger partial charge in [-0.15, -0.1) is 24.0 Å². The number of hydrogen-bond acceptors (Lipinski definition) is 4. The smallest absolute Gasteiger partial charge is 0.416 e. The summed E-state index contributed by atoms with van der Waals surface area (Å²) in [6.45, 7) is -0.245. The monoisotopic (exact) mass is 511 g/mol. The van der Waals surface area contributed by atoms with Crippen LogP contribution in [-0.4, -0.2) is 27.3 Å². The summed E-state index contributed by atoms with van der Waals surface area (Å²) in [4.78, 5) is 3.99. The predicted octanol–water partition coefficient (Wildman–Crippen LogP) is 4.28. The van der Waals surface area contributed by atoms with Gasteiger partial charge in [0, 0.05) is 11.8 Å². The molecule has 0 atom stereocenters. The molecule has 2 rings (SSSR count). The first kappa shape index (κ1) is 23.7. The predicted molar refractivity (Wildman–Crippen MR) is 112 cm³/mol. The summed E-state index contributed by atoms with van der Waals surface area (Å²) in [7, 11) is 4.30. The van der Waals surface area contributed by atoms with Crippen molar-refractivity contribution in [2.45, 2.75) is 12.7 Å². The quantitative estimate of drug-likeness (QED) is 0.344. The molecule has 28 heavy (non-hydrogen) atoms. The van der Waals surface area contributed by atoms with Crippen LogP contribution >= 0.6 is 24.0 Å². The van der Waals surface area contributed by atoms with Gasteiger partial charge in [0.2, 0.25) is 0 Å². The van der Waals surface area contributed by atoms with Crippen LogP contribution in [0.25, 0.3) is 0 Å². The molecule has 0 aromatic heterocycles. The summed E-state index contributed by atoms with van der Waals surface area (Å²) in [6, 6.07) is 8.67. The Hall–Kier alpha value is -2.37. The Morgan fingerprint density at radius 2 is 1.68 bits per heavy atom. The van der Waals surface area contributed by atoms with Gasteiger partial charge >= 0.3 is 6.18 Å². The summed E-state index contributed by atoms with van der Waals surface area (Å²) >= 11 is 0. The summed E-state index contributed by atoms with van der Waals surface area (Å²) in [5.41, 5.74) is 5.52. The molecule has 0 fully saturated rings. The lowest BCUT2D eigenvalue weighted by Crippen LogP contribution is -2.23. The van der Waals surface area contributed by atoms with Gasteiger partial charge in [-0.3, -0.25) is 0 Å². The molecule has 0 spiro atoms. The van der Waals surface area contributed by atoms with Gasteiger partial charge in [0.15, 0.2) is 17.5 Å². The Kier molecular flexibility index (Phi) is 8.66. The molecule has 0 saturated carbocycles. The Morgan fingerprint density at radius 1 is 1.00 bits per heavy atom. The van der Waals surface area contributed by atoms with Crippen molar-refractivity contribution in [2.75, 3.05) is 26.6 Å². The maximum atomic E-state index is 13.2. The minimum Gasteiger partial charge on any atom is -0.497 e. The molecule has 0 aliphatic heterocycles. The molecule has 0 heterocycles. The Labute approximate surface area is 177 Å². The molecule has 0 aliphatic rings. The molecule has 0 amide bonds. The molecular weight excluding hydrogens is 490 g/mol. The average molecular weight is 511 g/mol. The number of anilines is 1. The van der Waals surface area contributed by atoms with E-state index in [1.54, 1.807) is 18.2 Å². The number of benzene rings is 2. The molecule has 2 aromatic rings. The van der Waals surface area contributed by atoms with Crippen LogP contribution in [0, 0.1) is 0 Å². The number of hydrogen-bond donors (Lipinski definition) is 2. The van der Waals surface area contributed by atoms with E-state index in [0.29, 0.717) is 17.2 Å². The number of ether oxygens (including phenoxy) is 3. The van der Waals surface area contributed by atoms with Crippen molar-refractivity contribution in [3.63, 3.8) is 0 Å². The fraction of sp³-hybridized carbons (Fsp3) is 0.278. The van der Waals surface area contributed by atoms with Crippen LogP contribution in [0.1, 0.15) is 11.1 Å². The molecule has 0 bridgehead atoms. The van der Waals surface area contributed by atoms with E-state index in [2.05, 4.69) is 10.3 Å². The van der Waals surface area contributed by atoms with E-state index in [4.69, 9.17) is 19.9 Å². The van der Waals surface area contributed by atoms with E-state index in [0.717, 1.165) is 6.07 Å². The normalized spacial score (nSPS) is 11.4. The van der Waals surface area contributed by atoms with E-state index in [-0.39, 0.29) is 47.8 Å². The molecule has 2 aromatic carbocycles. The maximum absolute atomic E-state index is 13.2. The largest absolute Gasteiger partial charge is 0.497 e. The van der Waals surface area contributed by atoms with Gasteiger partial charge in [0.05, 0.1) is 33.4 Å². The number of nitrogens with one attached hydrogen (secondary N) is 1. The molecular formula is C18H21F3IN3O3. The van der Waals surface area contributed by atoms with E-state index in [1.807, 2.05) is 0 Å². The second kappa shape index (κ2) is 10.2. The minimum absolute atomic E-state index is 0. The van der Waals surface area contributed by atoms with Crippen molar-refractivity contribution in [3.8, 4) is 17.2 Å². The molecule has 10 heteroatoms. The van der Waals surface area contributed by atoms with Crippen LogP contribution in [0.3, 0.4) is 0 Å². The number of nitrogens with two attached hydrogens (primary N) is 1. The third-order valence-electron chi connectivity index (χ3n) is 3.70. The summed E-state index contributed by atoms with van der Waals surface area (Å²) in [5.74, 6) is 1.09. The van der Waals surface area contributed by atoms with Crippen molar-refractivity contribution >= 4 is 35.6 Å². The Balaban J connectivity index is 0.00000392. The fourth-order valence-electron chi connectivity index (χ4n) is 2.36. The van der Waals surface area contributed by atoms with E-state index in [9.17, 15) is 13.2 Å². The van der Waals surface area contributed by atoms with Crippen molar-refractivity contribution in [3.05, 3.63) is 47.5 Å². The second-order valence-corrected chi connectivity index (χ2v) is 5.42. The van der Waals surface area contributed by atoms with Crippen LogP contribution in [0.2, 0.25) is 0 Å². The SMILES string of the molecule is COc1ccc(CN=C(N)Nc2ccc(OC)c(OC)c2)c(C(F)(F)F)c1.I. The summed E-state index contributed by atoms with van der Waals surface area (Å²) in [5, 5.41) is 2.81. The van der Waals surface area contributed by atoms with Gasteiger partial charge in [-0.2, -0.15) is 13.2 Å². The Morgan fingerprint density at radius 3 is 2.25 bits per heavy atom. The number of aliphatic imine (C=N–C) groups is 1. The van der Waals surface area contributed by atoms with Crippen molar-refractivity contribution < 1.29 is 27.4 Å². The number of methoxy groups -OCH3 is 3. The highest BCUT2D eigenvalue weighted by Crippen LogP contribution is 2.35. The third-order valence-corrected chi connectivity index (χ3v) is 3.70. The second-order valence-electron chi connectivity index (χ2n) is 5.42. The van der Waals surface area contributed by atoms with Gasteiger partial charge in [0.1, 0.15) is 5.75 Å². The minimum atomic E-state index is -4.52. The van der Waals surface area contributed by atoms with Crippen molar-refractivity contribution in [2.24, 2.45) is 10.7 Å². The number of guanidine groups is 1. The summed E-state index contributed by atoms with van der Waals surface area (Å²) < 4.78 is 54.8. The highest BCUT2D eigenvalue weighted by Gasteiger charge is 2.33. The standard InChI is InChI=1S/C18H20F3N3O3.HI/c1-25-13-6-4-11(14(9-13)18(19,20)21)10-23-17(22)24-12-5-7-15(26-2)16(8-12)27-3;/h4-9H,10H2,1-3H3,(H3,22,23,24);1H. The summed E-state index contributed by atoms with van der Waals surface area (Å²) in [6.07, 6.45) is -4.52. The van der Waals surface area contributed by atoms with Gasteiger partial charge in [-0.1, -0.05) is 6.07 Å². The zero-order valence-electron chi connectivity index (χ0n) is 15.5. The number of alkyl halides is 3. The first-order chi connectivity index (χ1) is 12.8. The molecule has 6 nitrogen and oxygen atoms in total. The topological polar surface area (TPSA) is 78.1 Å². The Bertz CT molecular complexity index is 829. The fourth-order valence-corrected chi connectivity index (χ4v) is 2.36. The van der Waals surface area contributed by atoms with E-state index < -0.39 is 11.7 Å². The average Bonchev–Trinajstić information content (AvgIpc) is 2.65. The highest BCUT2D eigenvalue weighted by molar-refractivity contribution is 14.0. The van der Waals surface area contributed by atoms with Gasteiger partial charge in [0.25, 0.3) is 0 Å². The lowest BCUT2D eigenvalue weighted by Gasteiger charge is -2.14. The van der Waals surface area contributed by atoms with E-state index in [1.165, 1.54) is 33.5 Å². The van der Waals surface area contributed by atoms with Crippen LogP contribution < -0.4 is 25.3 Å². The zero-order valence-corrected chi connectivity index (χ0v) is 17.8. The zero-order chi connectivity index (χ0) is 20.0. The molecule has 0 aliphatic carbocycles. The van der Waals surface area contributed by atoms with Crippen LogP contribution in [-0.2, 0) is 12.7 Å². The van der Waals surface area contributed by atoms with Crippen LogP contribution in [0.4, 0.5) is 18.9 Å². The molecule has 154 valence electrons. The lowest BCUT2D eigenvalue weighted by atomic mass is 10.1. The third kappa shape index (κ3) is 6.08. The highest BCUT2D eigenvalue weighted by atomic mass is 127. The molecule has 3 N–H and O–H groups in total. The lowest BCUT2D eigenvalue weighted by molar-refractivity contribution is -0.138. The van der Waals surface area contributed by atoms with Gasteiger partial charge in [-0.25, -0.2) is 4.99 Å². The van der Waals surface area contributed by atoms with Crippen molar-refractivity contribution in [1.82, 2.24) is 0 Å². The first-order valence-electron chi connectivity index (χ1n) is 7.81. The van der Waals surface area contributed by atoms with Crippen LogP contribution in [0.5, 0.6) is 17.2 Å².